The van der Waals surface area contributed by atoms with Gasteiger partial charge in [0.05, 0.1) is 11.8 Å². The maximum Gasteiger partial charge on any atom is 0.273 e. The second kappa shape index (κ2) is 6.02. The van der Waals surface area contributed by atoms with E-state index in [9.17, 15) is 4.79 Å². The molecule has 0 spiro atoms. The second-order valence-corrected chi connectivity index (χ2v) is 4.22. The number of carbonyl (C=O) groups excluding carboxylic acids is 1. The Morgan fingerprint density at radius 1 is 1.16 bits per heavy atom. The Labute approximate surface area is 115 Å². The molecule has 4 nitrogen and oxygen atoms in total. The standard InChI is InChI=1S/C14H12ClN3O/c15-12-7-3-1-5-10(12)9-17-18-14(19)11-6-2-4-8-13(11)16/h1-9H,16H2,(H,18,19)/b17-9-. The molecule has 0 aliphatic carbocycles. The zero-order valence-corrected chi connectivity index (χ0v) is 10.8. The number of anilines is 1. The molecule has 0 heterocycles. The Bertz CT molecular complexity index is 626. The molecule has 0 aromatic heterocycles. The van der Waals surface area contributed by atoms with Gasteiger partial charge in [-0.3, -0.25) is 4.79 Å². The van der Waals surface area contributed by atoms with Crippen LogP contribution in [0, 0.1) is 0 Å². The van der Waals surface area contributed by atoms with Gasteiger partial charge >= 0.3 is 0 Å². The Morgan fingerprint density at radius 3 is 2.58 bits per heavy atom. The molecule has 2 aromatic carbocycles. The van der Waals surface area contributed by atoms with Gasteiger partial charge in [0.1, 0.15) is 0 Å². The average Bonchev–Trinajstić information content (AvgIpc) is 2.41. The highest BCUT2D eigenvalue weighted by molar-refractivity contribution is 6.33. The molecule has 2 aromatic rings. The highest BCUT2D eigenvalue weighted by atomic mass is 35.5. The molecule has 0 saturated heterocycles. The fourth-order valence-electron chi connectivity index (χ4n) is 1.50. The summed E-state index contributed by atoms with van der Waals surface area (Å²) in [6.07, 6.45) is 1.49. The predicted molar refractivity (Wildman–Crippen MR) is 77.4 cm³/mol. The minimum atomic E-state index is -0.360. The summed E-state index contributed by atoms with van der Waals surface area (Å²) in [6, 6.07) is 14.0. The van der Waals surface area contributed by atoms with Crippen LogP contribution in [-0.4, -0.2) is 12.1 Å². The lowest BCUT2D eigenvalue weighted by Crippen LogP contribution is -2.19. The molecule has 96 valence electrons. The van der Waals surface area contributed by atoms with Crippen LogP contribution < -0.4 is 11.2 Å². The Kier molecular flexibility index (Phi) is 4.15. The highest BCUT2D eigenvalue weighted by Crippen LogP contribution is 2.12. The predicted octanol–water partition coefficient (Wildman–Crippen LogP) is 2.69. The number of nitrogen functional groups attached to an aromatic ring is 1. The number of carbonyl (C=O) groups is 1. The summed E-state index contributed by atoms with van der Waals surface area (Å²) in [5, 5.41) is 4.42. The molecule has 0 radical (unpaired) electrons. The van der Waals surface area contributed by atoms with Crippen molar-refractivity contribution in [2.75, 3.05) is 5.73 Å². The number of halogens is 1. The summed E-state index contributed by atoms with van der Waals surface area (Å²) >= 11 is 5.96. The number of amides is 1. The van der Waals surface area contributed by atoms with E-state index in [0.717, 1.165) is 5.56 Å². The third-order valence-electron chi connectivity index (χ3n) is 2.48. The first kappa shape index (κ1) is 13.1. The van der Waals surface area contributed by atoms with Crippen molar-refractivity contribution in [2.24, 2.45) is 5.10 Å². The molecule has 2 rings (SSSR count). The molecule has 19 heavy (non-hydrogen) atoms. The first-order valence-electron chi connectivity index (χ1n) is 5.61. The van der Waals surface area contributed by atoms with E-state index in [1.807, 2.05) is 12.1 Å². The van der Waals surface area contributed by atoms with Gasteiger partial charge in [-0.2, -0.15) is 5.10 Å². The Morgan fingerprint density at radius 2 is 1.84 bits per heavy atom. The van der Waals surface area contributed by atoms with Crippen LogP contribution in [0.5, 0.6) is 0 Å². The molecular formula is C14H12ClN3O. The minimum absolute atomic E-state index is 0.360. The lowest BCUT2D eigenvalue weighted by Gasteiger charge is -2.03. The third kappa shape index (κ3) is 3.33. The van der Waals surface area contributed by atoms with Crippen molar-refractivity contribution >= 4 is 29.4 Å². The van der Waals surface area contributed by atoms with Crippen LogP contribution in [0.3, 0.4) is 0 Å². The third-order valence-corrected chi connectivity index (χ3v) is 2.82. The number of rotatable bonds is 3. The van der Waals surface area contributed by atoms with E-state index >= 15 is 0 Å². The number of nitrogens with two attached hydrogens (primary N) is 1. The smallest absolute Gasteiger partial charge is 0.273 e. The van der Waals surface area contributed by atoms with Gasteiger partial charge in [-0.1, -0.05) is 41.9 Å². The number of nitrogens with zero attached hydrogens (tertiary/aromatic N) is 1. The normalized spacial score (nSPS) is 10.6. The maximum atomic E-state index is 11.8. The van der Waals surface area contributed by atoms with Gasteiger partial charge in [0.2, 0.25) is 0 Å². The molecule has 1 amide bonds. The van der Waals surface area contributed by atoms with Crippen LogP contribution in [0.4, 0.5) is 5.69 Å². The van der Waals surface area contributed by atoms with Crippen LogP contribution in [0.15, 0.2) is 53.6 Å². The van der Waals surface area contributed by atoms with Gasteiger partial charge in [0.25, 0.3) is 5.91 Å². The zero-order valence-electron chi connectivity index (χ0n) is 10.0. The number of para-hydroxylation sites is 1. The first-order valence-corrected chi connectivity index (χ1v) is 5.98. The molecule has 0 atom stereocenters. The minimum Gasteiger partial charge on any atom is -0.398 e. The maximum absolute atomic E-state index is 11.8. The highest BCUT2D eigenvalue weighted by Gasteiger charge is 2.06. The van der Waals surface area contributed by atoms with Crippen LogP contribution in [0.2, 0.25) is 5.02 Å². The van der Waals surface area contributed by atoms with Crippen molar-refractivity contribution in [1.29, 1.82) is 0 Å². The Hall–Kier alpha value is -2.33. The van der Waals surface area contributed by atoms with E-state index in [-0.39, 0.29) is 5.91 Å². The summed E-state index contributed by atoms with van der Waals surface area (Å²) < 4.78 is 0. The van der Waals surface area contributed by atoms with Crippen molar-refractivity contribution in [3.63, 3.8) is 0 Å². The number of nitrogens with one attached hydrogen (secondary N) is 1. The fraction of sp³-hybridized carbons (Fsp3) is 0. The van der Waals surface area contributed by atoms with Gasteiger partial charge in [0, 0.05) is 16.3 Å². The van der Waals surface area contributed by atoms with Gasteiger partial charge < -0.3 is 5.73 Å². The van der Waals surface area contributed by atoms with E-state index < -0.39 is 0 Å². The Balaban J connectivity index is 2.06. The fourth-order valence-corrected chi connectivity index (χ4v) is 1.69. The molecule has 0 aliphatic heterocycles. The quantitative estimate of drug-likeness (QED) is 0.513. The molecule has 0 saturated carbocycles. The van der Waals surface area contributed by atoms with Crippen molar-refractivity contribution < 1.29 is 4.79 Å². The number of hydrazone groups is 1. The number of benzene rings is 2. The number of hydrogen-bond acceptors (Lipinski definition) is 3. The van der Waals surface area contributed by atoms with Gasteiger partial charge in [-0.15, -0.1) is 0 Å². The van der Waals surface area contributed by atoms with E-state index in [0.29, 0.717) is 16.3 Å². The van der Waals surface area contributed by atoms with Crippen molar-refractivity contribution in [1.82, 2.24) is 5.43 Å². The van der Waals surface area contributed by atoms with Crippen LogP contribution in [-0.2, 0) is 0 Å². The average molecular weight is 274 g/mol. The van der Waals surface area contributed by atoms with E-state index in [1.165, 1.54) is 6.21 Å². The molecule has 0 unspecified atom stereocenters. The van der Waals surface area contributed by atoms with E-state index in [4.69, 9.17) is 17.3 Å². The van der Waals surface area contributed by atoms with Crippen molar-refractivity contribution in [3.05, 3.63) is 64.7 Å². The van der Waals surface area contributed by atoms with E-state index in [2.05, 4.69) is 10.5 Å². The topological polar surface area (TPSA) is 67.5 Å². The molecule has 3 N–H and O–H groups in total. The summed E-state index contributed by atoms with van der Waals surface area (Å²) in [5.74, 6) is -0.360. The van der Waals surface area contributed by atoms with Crippen LogP contribution >= 0.6 is 11.6 Å². The monoisotopic (exact) mass is 273 g/mol. The van der Waals surface area contributed by atoms with Gasteiger partial charge in [0.15, 0.2) is 0 Å². The zero-order chi connectivity index (χ0) is 13.7. The van der Waals surface area contributed by atoms with Crippen molar-refractivity contribution in [2.45, 2.75) is 0 Å². The molecule has 0 fully saturated rings. The second-order valence-electron chi connectivity index (χ2n) is 3.81. The summed E-state index contributed by atoms with van der Waals surface area (Å²) in [7, 11) is 0. The largest absolute Gasteiger partial charge is 0.398 e. The molecule has 5 heteroatoms. The molecule has 0 bridgehead atoms. The van der Waals surface area contributed by atoms with Crippen LogP contribution in [0.25, 0.3) is 0 Å². The summed E-state index contributed by atoms with van der Waals surface area (Å²) in [5.41, 5.74) is 9.63. The van der Waals surface area contributed by atoms with Gasteiger partial charge in [-0.25, -0.2) is 5.43 Å². The lowest BCUT2D eigenvalue weighted by atomic mass is 10.2. The van der Waals surface area contributed by atoms with E-state index in [1.54, 1.807) is 36.4 Å². The van der Waals surface area contributed by atoms with Gasteiger partial charge in [-0.05, 0) is 18.2 Å². The first-order chi connectivity index (χ1) is 9.18. The SMILES string of the molecule is Nc1ccccc1C(=O)N/N=C\c1ccccc1Cl. The van der Waals surface area contributed by atoms with Crippen molar-refractivity contribution in [3.8, 4) is 0 Å². The number of hydrogen-bond donors (Lipinski definition) is 2. The molecule has 0 aliphatic rings. The lowest BCUT2D eigenvalue weighted by molar-refractivity contribution is 0.0956. The molecular weight excluding hydrogens is 262 g/mol. The summed E-state index contributed by atoms with van der Waals surface area (Å²) in [6.45, 7) is 0. The van der Waals surface area contributed by atoms with Crippen LogP contribution in [0.1, 0.15) is 15.9 Å². The summed E-state index contributed by atoms with van der Waals surface area (Å²) in [4.78, 5) is 11.8.